The van der Waals surface area contributed by atoms with Gasteiger partial charge in [0.15, 0.2) is 0 Å². The number of anilines is 1. The van der Waals surface area contributed by atoms with Crippen LogP contribution < -0.4 is 4.90 Å². The van der Waals surface area contributed by atoms with Crippen LogP contribution in [0.1, 0.15) is 23.9 Å². The summed E-state index contributed by atoms with van der Waals surface area (Å²) < 4.78 is 7.83. The van der Waals surface area contributed by atoms with Gasteiger partial charge in [-0.05, 0) is 29.7 Å². The predicted molar refractivity (Wildman–Crippen MR) is 117 cm³/mol. The molecule has 1 atom stereocenters. The Kier molecular flexibility index (Phi) is 4.23. The van der Waals surface area contributed by atoms with E-state index < -0.39 is 0 Å². The summed E-state index contributed by atoms with van der Waals surface area (Å²) in [7, 11) is 0. The van der Waals surface area contributed by atoms with Crippen molar-refractivity contribution in [1.29, 1.82) is 0 Å². The van der Waals surface area contributed by atoms with Crippen molar-refractivity contribution in [3.8, 4) is 11.1 Å². The Bertz CT molecular complexity index is 1180. The minimum absolute atomic E-state index is 0.349. The lowest BCUT2D eigenvalue weighted by atomic mass is 10.0. The normalized spacial score (nSPS) is 18.7. The highest BCUT2D eigenvalue weighted by Crippen LogP contribution is 2.36. The lowest BCUT2D eigenvalue weighted by molar-refractivity contribution is 0.122. The van der Waals surface area contributed by atoms with Gasteiger partial charge in [-0.3, -0.25) is 0 Å². The average molecular weight is 397 g/mol. The minimum atomic E-state index is 0.349. The Morgan fingerprint density at radius 3 is 2.50 bits per heavy atom. The molecule has 2 aromatic carbocycles. The molecule has 1 fully saturated rings. The van der Waals surface area contributed by atoms with E-state index in [9.17, 15) is 0 Å². The van der Waals surface area contributed by atoms with E-state index >= 15 is 0 Å². The summed E-state index contributed by atoms with van der Waals surface area (Å²) in [5.74, 6) is 1.95. The lowest BCUT2D eigenvalue weighted by Crippen LogP contribution is -2.37. The quantitative estimate of drug-likeness (QED) is 0.525. The molecule has 30 heavy (non-hydrogen) atoms. The van der Waals surface area contributed by atoms with E-state index in [1.165, 1.54) is 16.9 Å². The summed E-state index contributed by atoms with van der Waals surface area (Å²) in [6.45, 7) is 3.15. The number of imidazole rings is 1. The molecule has 0 unspecified atom stereocenters. The van der Waals surface area contributed by atoms with E-state index in [-0.39, 0.29) is 0 Å². The Morgan fingerprint density at radius 1 is 0.900 bits per heavy atom. The first-order chi connectivity index (χ1) is 14.9. The maximum absolute atomic E-state index is 5.42. The third-order valence-corrected chi connectivity index (χ3v) is 6.17. The van der Waals surface area contributed by atoms with E-state index in [1.807, 2.05) is 12.4 Å². The van der Waals surface area contributed by atoms with Crippen molar-refractivity contribution in [2.24, 2.45) is 0 Å². The standard InChI is InChI=1S/C24H23N5O/c1-2-4-17(5-3-1)21-8-9-23-27-20-7-6-18(14-22(20)29(21)23)19-15-25-24(26-16-19)28-10-12-30-13-11-28/h1-7,14-16,21H,8-13H2/t21-/m1/s1. The fraction of sp³-hybridized carbons (Fsp3) is 0.292. The molecule has 6 nitrogen and oxygen atoms in total. The molecular weight excluding hydrogens is 374 g/mol. The van der Waals surface area contributed by atoms with Crippen molar-refractivity contribution in [1.82, 2.24) is 19.5 Å². The number of aryl methyl sites for hydroxylation is 1. The SMILES string of the molecule is c1ccc([C@H]2CCc3nc4ccc(-c5cnc(N6CCOCC6)nc5)cc4n32)cc1. The molecular formula is C24H23N5O. The van der Waals surface area contributed by atoms with E-state index in [2.05, 4.69) is 68.0 Å². The van der Waals surface area contributed by atoms with Crippen LogP contribution in [0, 0.1) is 0 Å². The summed E-state index contributed by atoms with van der Waals surface area (Å²) in [5, 5.41) is 0. The van der Waals surface area contributed by atoms with Crippen LogP contribution in [0.3, 0.4) is 0 Å². The second-order valence-corrected chi connectivity index (χ2v) is 7.94. The van der Waals surface area contributed by atoms with Gasteiger partial charge in [-0.1, -0.05) is 36.4 Å². The molecule has 0 aliphatic carbocycles. The maximum atomic E-state index is 5.42. The van der Waals surface area contributed by atoms with Gasteiger partial charge in [-0.25, -0.2) is 15.0 Å². The van der Waals surface area contributed by atoms with Gasteiger partial charge in [-0.2, -0.15) is 0 Å². The van der Waals surface area contributed by atoms with Gasteiger partial charge >= 0.3 is 0 Å². The molecule has 150 valence electrons. The molecule has 1 saturated heterocycles. The summed E-state index contributed by atoms with van der Waals surface area (Å²) in [6.07, 6.45) is 5.97. The van der Waals surface area contributed by atoms with E-state index in [0.29, 0.717) is 6.04 Å². The Labute approximate surface area is 175 Å². The smallest absolute Gasteiger partial charge is 0.225 e. The van der Waals surface area contributed by atoms with Crippen LogP contribution in [0.2, 0.25) is 0 Å². The molecule has 2 aliphatic heterocycles. The lowest BCUT2D eigenvalue weighted by Gasteiger charge is -2.26. The van der Waals surface area contributed by atoms with Gasteiger partial charge < -0.3 is 14.2 Å². The first kappa shape index (κ1) is 17.6. The summed E-state index contributed by atoms with van der Waals surface area (Å²) >= 11 is 0. The fourth-order valence-electron chi connectivity index (χ4n) is 4.63. The van der Waals surface area contributed by atoms with Crippen molar-refractivity contribution in [3.05, 3.63) is 72.3 Å². The van der Waals surface area contributed by atoms with Crippen LogP contribution in [-0.4, -0.2) is 45.8 Å². The number of benzene rings is 2. The topological polar surface area (TPSA) is 56.1 Å². The van der Waals surface area contributed by atoms with Gasteiger partial charge in [0, 0.05) is 37.5 Å². The number of hydrogen-bond acceptors (Lipinski definition) is 5. The second-order valence-electron chi connectivity index (χ2n) is 7.94. The molecule has 0 radical (unpaired) electrons. The molecule has 2 aliphatic rings. The Balaban J connectivity index is 1.36. The van der Waals surface area contributed by atoms with Crippen molar-refractivity contribution in [2.45, 2.75) is 18.9 Å². The van der Waals surface area contributed by atoms with Crippen LogP contribution in [0.25, 0.3) is 22.2 Å². The zero-order chi connectivity index (χ0) is 19.9. The third-order valence-electron chi connectivity index (χ3n) is 6.17. The summed E-state index contributed by atoms with van der Waals surface area (Å²) in [5.41, 5.74) is 5.74. The molecule has 2 aromatic heterocycles. The molecule has 0 N–H and O–H groups in total. The van der Waals surface area contributed by atoms with Crippen LogP contribution in [0.5, 0.6) is 0 Å². The van der Waals surface area contributed by atoms with Crippen LogP contribution in [0.4, 0.5) is 5.95 Å². The summed E-state index contributed by atoms with van der Waals surface area (Å²) in [4.78, 5) is 16.3. The number of morpholine rings is 1. The largest absolute Gasteiger partial charge is 0.378 e. The summed E-state index contributed by atoms with van der Waals surface area (Å²) in [6, 6.07) is 17.6. The fourth-order valence-corrected chi connectivity index (χ4v) is 4.63. The molecule has 0 amide bonds. The second kappa shape index (κ2) is 7.22. The molecule has 0 bridgehead atoms. The zero-order valence-corrected chi connectivity index (χ0v) is 16.7. The van der Waals surface area contributed by atoms with Crippen LogP contribution in [0.15, 0.2) is 60.9 Å². The van der Waals surface area contributed by atoms with E-state index in [0.717, 1.165) is 61.7 Å². The molecule has 6 rings (SSSR count). The monoisotopic (exact) mass is 397 g/mol. The minimum Gasteiger partial charge on any atom is -0.378 e. The van der Waals surface area contributed by atoms with Crippen molar-refractivity contribution < 1.29 is 4.74 Å². The Hall–Kier alpha value is -3.25. The highest BCUT2D eigenvalue weighted by Gasteiger charge is 2.27. The average Bonchev–Trinajstić information content (AvgIpc) is 3.39. The molecule has 4 heterocycles. The molecule has 0 spiro atoms. The van der Waals surface area contributed by atoms with Gasteiger partial charge in [0.05, 0.1) is 30.3 Å². The third kappa shape index (κ3) is 2.95. The number of hydrogen-bond donors (Lipinski definition) is 0. The zero-order valence-electron chi connectivity index (χ0n) is 16.7. The van der Waals surface area contributed by atoms with Gasteiger partial charge in [0.25, 0.3) is 0 Å². The number of rotatable bonds is 3. The molecule has 6 heteroatoms. The van der Waals surface area contributed by atoms with Crippen LogP contribution >= 0.6 is 0 Å². The van der Waals surface area contributed by atoms with E-state index in [1.54, 1.807) is 0 Å². The number of aromatic nitrogens is 4. The van der Waals surface area contributed by atoms with Gasteiger partial charge in [-0.15, -0.1) is 0 Å². The van der Waals surface area contributed by atoms with Gasteiger partial charge in [0.2, 0.25) is 5.95 Å². The van der Waals surface area contributed by atoms with Crippen molar-refractivity contribution in [3.63, 3.8) is 0 Å². The highest BCUT2D eigenvalue weighted by molar-refractivity contribution is 5.83. The van der Waals surface area contributed by atoms with Crippen molar-refractivity contribution in [2.75, 3.05) is 31.2 Å². The van der Waals surface area contributed by atoms with Crippen molar-refractivity contribution >= 4 is 17.0 Å². The number of fused-ring (bicyclic) bond motifs is 3. The van der Waals surface area contributed by atoms with Crippen LogP contribution in [-0.2, 0) is 11.2 Å². The van der Waals surface area contributed by atoms with Gasteiger partial charge in [0.1, 0.15) is 5.82 Å². The maximum Gasteiger partial charge on any atom is 0.225 e. The number of ether oxygens (including phenoxy) is 1. The highest BCUT2D eigenvalue weighted by atomic mass is 16.5. The predicted octanol–water partition coefficient (Wildman–Crippen LogP) is 3.87. The van der Waals surface area contributed by atoms with E-state index in [4.69, 9.17) is 9.72 Å². The number of nitrogens with zero attached hydrogens (tertiary/aromatic N) is 5. The first-order valence-electron chi connectivity index (χ1n) is 10.6. The molecule has 4 aromatic rings. The first-order valence-corrected chi connectivity index (χ1v) is 10.6. The molecule has 0 saturated carbocycles. The Morgan fingerprint density at radius 2 is 1.70 bits per heavy atom.